The van der Waals surface area contributed by atoms with Gasteiger partial charge in [-0.3, -0.25) is 4.31 Å². The second-order valence-electron chi connectivity index (χ2n) is 2.88. The molecule has 0 spiro atoms. The van der Waals surface area contributed by atoms with Gasteiger partial charge >= 0.3 is 0 Å². The number of hydrogen-bond acceptors (Lipinski definition) is 2. The Labute approximate surface area is 89.4 Å². The molecule has 0 saturated carbocycles. The van der Waals surface area contributed by atoms with Crippen LogP contribution in [0.2, 0.25) is 5.02 Å². The molecule has 0 bridgehead atoms. The fraction of sp³-hybridized carbons (Fsp3) is 0.333. The highest BCUT2D eigenvalue weighted by molar-refractivity contribution is 7.92. The second-order valence-corrected chi connectivity index (χ2v) is 5.19. The predicted octanol–water partition coefficient (Wildman–Crippen LogP) is 2.13. The third-order valence-electron chi connectivity index (χ3n) is 1.81. The molecule has 0 heterocycles. The fourth-order valence-electron chi connectivity index (χ4n) is 1.24. The van der Waals surface area contributed by atoms with Crippen molar-refractivity contribution in [3.8, 4) is 0 Å². The molecule has 0 atom stereocenters. The molecule has 78 valence electrons. The van der Waals surface area contributed by atoms with Crippen LogP contribution in [0.4, 0.5) is 5.69 Å². The summed E-state index contributed by atoms with van der Waals surface area (Å²) in [5.74, 6) is 0. The molecule has 1 aromatic rings. The molecule has 0 fully saturated rings. The minimum Gasteiger partial charge on any atom is -0.269 e. The van der Waals surface area contributed by atoms with Crippen LogP contribution in [0.25, 0.3) is 0 Å². The van der Waals surface area contributed by atoms with E-state index in [1.165, 1.54) is 10.6 Å². The number of hydrogen-bond donors (Lipinski definition) is 0. The van der Waals surface area contributed by atoms with E-state index >= 15 is 0 Å². The predicted molar refractivity (Wildman–Crippen MR) is 59.3 cm³/mol. The molecule has 0 N–H and O–H groups in total. The van der Waals surface area contributed by atoms with Crippen molar-refractivity contribution in [1.82, 2.24) is 0 Å². The first-order valence-corrected chi connectivity index (χ1v) is 6.41. The van der Waals surface area contributed by atoms with Gasteiger partial charge in [0, 0.05) is 6.54 Å². The highest BCUT2D eigenvalue weighted by atomic mass is 35.5. The van der Waals surface area contributed by atoms with Gasteiger partial charge in [-0.2, -0.15) is 0 Å². The van der Waals surface area contributed by atoms with Gasteiger partial charge in [0.15, 0.2) is 0 Å². The van der Waals surface area contributed by atoms with Gasteiger partial charge in [-0.25, -0.2) is 8.42 Å². The summed E-state index contributed by atoms with van der Waals surface area (Å²) in [6.45, 7) is 2.15. The minimum atomic E-state index is -3.24. The summed E-state index contributed by atoms with van der Waals surface area (Å²) in [5, 5.41) is 0.444. The van der Waals surface area contributed by atoms with E-state index < -0.39 is 10.0 Å². The van der Waals surface area contributed by atoms with Crippen LogP contribution < -0.4 is 4.31 Å². The topological polar surface area (TPSA) is 37.4 Å². The average molecular weight is 234 g/mol. The molecular weight excluding hydrogens is 222 g/mol. The van der Waals surface area contributed by atoms with Crippen LogP contribution in [0.1, 0.15) is 6.92 Å². The number of sulfonamides is 1. The SMILES string of the molecule is CCN(c1ccccc1Cl)S(C)(=O)=O. The lowest BCUT2D eigenvalue weighted by Crippen LogP contribution is -2.29. The molecule has 1 rings (SSSR count). The average Bonchev–Trinajstić information content (AvgIpc) is 2.07. The van der Waals surface area contributed by atoms with Crippen LogP contribution in [-0.4, -0.2) is 21.2 Å². The van der Waals surface area contributed by atoms with Crippen molar-refractivity contribution in [3.63, 3.8) is 0 Å². The van der Waals surface area contributed by atoms with Crippen LogP contribution in [0.3, 0.4) is 0 Å². The molecule has 0 amide bonds. The first kappa shape index (κ1) is 11.3. The number of para-hydroxylation sites is 1. The van der Waals surface area contributed by atoms with Crippen molar-refractivity contribution in [2.45, 2.75) is 6.92 Å². The Morgan fingerprint density at radius 1 is 1.36 bits per heavy atom. The Morgan fingerprint density at radius 2 is 1.93 bits per heavy atom. The van der Waals surface area contributed by atoms with Gasteiger partial charge in [-0.15, -0.1) is 0 Å². The molecule has 0 aromatic heterocycles. The number of nitrogens with zero attached hydrogens (tertiary/aromatic N) is 1. The van der Waals surface area contributed by atoms with Gasteiger partial charge in [-0.05, 0) is 19.1 Å². The first-order chi connectivity index (χ1) is 6.46. The monoisotopic (exact) mass is 233 g/mol. The normalized spacial score (nSPS) is 11.4. The zero-order valence-electron chi connectivity index (χ0n) is 8.07. The quantitative estimate of drug-likeness (QED) is 0.802. The zero-order chi connectivity index (χ0) is 10.8. The Morgan fingerprint density at radius 3 is 2.36 bits per heavy atom. The summed E-state index contributed by atoms with van der Waals surface area (Å²) in [6, 6.07) is 6.88. The van der Waals surface area contributed by atoms with Gasteiger partial charge in [0.25, 0.3) is 0 Å². The number of rotatable bonds is 3. The minimum absolute atomic E-state index is 0.378. The van der Waals surface area contributed by atoms with Gasteiger partial charge in [-0.1, -0.05) is 23.7 Å². The maximum atomic E-state index is 11.4. The lowest BCUT2D eigenvalue weighted by molar-refractivity contribution is 0.598. The van der Waals surface area contributed by atoms with E-state index in [1.807, 2.05) is 0 Å². The smallest absolute Gasteiger partial charge is 0.232 e. The molecule has 5 heteroatoms. The highest BCUT2D eigenvalue weighted by Gasteiger charge is 2.16. The van der Waals surface area contributed by atoms with E-state index in [2.05, 4.69) is 0 Å². The van der Waals surface area contributed by atoms with Crippen LogP contribution in [-0.2, 0) is 10.0 Å². The molecule has 0 aliphatic heterocycles. The molecule has 0 aliphatic rings. The van der Waals surface area contributed by atoms with E-state index in [-0.39, 0.29) is 0 Å². The maximum Gasteiger partial charge on any atom is 0.232 e. The molecular formula is C9H12ClNO2S. The largest absolute Gasteiger partial charge is 0.269 e. The van der Waals surface area contributed by atoms with Crippen LogP contribution in [0, 0.1) is 0 Å². The zero-order valence-corrected chi connectivity index (χ0v) is 9.64. The Kier molecular flexibility index (Phi) is 3.39. The fourth-order valence-corrected chi connectivity index (χ4v) is 2.51. The summed E-state index contributed by atoms with van der Waals surface area (Å²) >= 11 is 5.90. The number of anilines is 1. The van der Waals surface area contributed by atoms with E-state index in [0.29, 0.717) is 17.3 Å². The Balaban J connectivity index is 3.21. The summed E-state index contributed by atoms with van der Waals surface area (Å²) in [5.41, 5.74) is 0.527. The van der Waals surface area contributed by atoms with Crippen molar-refractivity contribution in [2.24, 2.45) is 0 Å². The first-order valence-electron chi connectivity index (χ1n) is 4.19. The summed E-state index contributed by atoms with van der Waals surface area (Å²) in [7, 11) is -3.24. The summed E-state index contributed by atoms with van der Waals surface area (Å²) in [4.78, 5) is 0. The van der Waals surface area contributed by atoms with Crippen molar-refractivity contribution < 1.29 is 8.42 Å². The van der Waals surface area contributed by atoms with Crippen molar-refractivity contribution in [1.29, 1.82) is 0 Å². The third-order valence-corrected chi connectivity index (χ3v) is 3.38. The van der Waals surface area contributed by atoms with Crippen molar-refractivity contribution in [2.75, 3.05) is 17.1 Å². The van der Waals surface area contributed by atoms with Gasteiger partial charge in [0.1, 0.15) is 0 Å². The van der Waals surface area contributed by atoms with E-state index in [4.69, 9.17) is 11.6 Å². The van der Waals surface area contributed by atoms with E-state index in [1.54, 1.807) is 31.2 Å². The lowest BCUT2D eigenvalue weighted by Gasteiger charge is -2.21. The standard InChI is InChI=1S/C9H12ClNO2S/c1-3-11(14(2,12)13)9-7-5-4-6-8(9)10/h4-7H,3H2,1-2H3. The number of benzene rings is 1. The molecule has 0 saturated heterocycles. The number of halogens is 1. The molecule has 3 nitrogen and oxygen atoms in total. The third kappa shape index (κ3) is 2.39. The van der Waals surface area contributed by atoms with Crippen LogP contribution in [0.5, 0.6) is 0 Å². The summed E-state index contributed by atoms with van der Waals surface area (Å²) < 4.78 is 24.0. The van der Waals surface area contributed by atoms with Gasteiger partial charge in [0.05, 0.1) is 17.0 Å². The highest BCUT2D eigenvalue weighted by Crippen LogP contribution is 2.26. The van der Waals surface area contributed by atoms with E-state index in [9.17, 15) is 8.42 Å². The Bertz CT molecular complexity index is 417. The van der Waals surface area contributed by atoms with E-state index in [0.717, 1.165) is 0 Å². The Hall–Kier alpha value is -0.740. The van der Waals surface area contributed by atoms with Crippen molar-refractivity contribution >= 4 is 27.3 Å². The van der Waals surface area contributed by atoms with Crippen LogP contribution in [0.15, 0.2) is 24.3 Å². The molecule has 14 heavy (non-hydrogen) atoms. The van der Waals surface area contributed by atoms with Crippen molar-refractivity contribution in [3.05, 3.63) is 29.3 Å². The second kappa shape index (κ2) is 4.19. The lowest BCUT2D eigenvalue weighted by atomic mass is 10.3. The van der Waals surface area contributed by atoms with Crippen LogP contribution >= 0.6 is 11.6 Å². The van der Waals surface area contributed by atoms with Gasteiger partial charge < -0.3 is 0 Å². The molecule has 0 aliphatic carbocycles. The molecule has 0 radical (unpaired) electrons. The molecule has 0 unspecified atom stereocenters. The molecule has 1 aromatic carbocycles. The summed E-state index contributed by atoms with van der Waals surface area (Å²) in [6.07, 6.45) is 1.17. The maximum absolute atomic E-state index is 11.4. The van der Waals surface area contributed by atoms with Gasteiger partial charge in [0.2, 0.25) is 10.0 Å².